The summed E-state index contributed by atoms with van der Waals surface area (Å²) < 4.78 is 0. The third kappa shape index (κ3) is 4.40. The van der Waals surface area contributed by atoms with Crippen LogP contribution >= 0.6 is 0 Å². The Morgan fingerprint density at radius 1 is 1.00 bits per heavy atom. The lowest BCUT2D eigenvalue weighted by Gasteiger charge is -2.31. The van der Waals surface area contributed by atoms with Crippen LogP contribution in [0.1, 0.15) is 23.3 Å². The van der Waals surface area contributed by atoms with E-state index in [1.807, 2.05) is 60.7 Å². The fraction of sp³-hybridized carbons (Fsp3) is 0.273. The molecular weight excluding hydrogens is 352 g/mol. The van der Waals surface area contributed by atoms with Crippen LogP contribution < -0.4 is 10.6 Å². The molecule has 3 N–H and O–H groups in total. The van der Waals surface area contributed by atoms with Crippen molar-refractivity contribution in [1.82, 2.24) is 15.2 Å². The third-order valence-corrected chi connectivity index (χ3v) is 5.12. The zero-order chi connectivity index (χ0) is 19.3. The van der Waals surface area contributed by atoms with Gasteiger partial charge in [0.2, 0.25) is 5.91 Å². The van der Waals surface area contributed by atoms with E-state index in [0.717, 1.165) is 42.5 Å². The van der Waals surface area contributed by atoms with Crippen LogP contribution in [0.4, 0.5) is 5.69 Å². The Morgan fingerprint density at radius 2 is 1.71 bits per heavy atom. The first-order chi connectivity index (χ1) is 13.7. The molecule has 0 spiro atoms. The van der Waals surface area contributed by atoms with E-state index < -0.39 is 0 Å². The number of hydrogen-bond acceptors (Lipinski definition) is 3. The van der Waals surface area contributed by atoms with Crippen molar-refractivity contribution in [1.29, 1.82) is 0 Å². The van der Waals surface area contributed by atoms with Crippen LogP contribution in [0.15, 0.2) is 60.7 Å². The minimum atomic E-state index is -0.0727. The maximum atomic E-state index is 12.5. The summed E-state index contributed by atoms with van der Waals surface area (Å²) >= 11 is 0. The number of piperidine rings is 1. The van der Waals surface area contributed by atoms with Crippen molar-refractivity contribution in [2.24, 2.45) is 0 Å². The second kappa shape index (κ2) is 8.27. The van der Waals surface area contributed by atoms with Crippen LogP contribution in [0.5, 0.6) is 0 Å². The zero-order valence-corrected chi connectivity index (χ0v) is 15.7. The first-order valence-corrected chi connectivity index (χ1v) is 9.63. The number of fused-ring (bicyclic) bond motifs is 1. The molecule has 28 heavy (non-hydrogen) atoms. The van der Waals surface area contributed by atoms with Crippen molar-refractivity contribution in [3.8, 4) is 0 Å². The highest BCUT2D eigenvalue weighted by Gasteiger charge is 2.23. The molecule has 0 atom stereocenters. The number of H-pyrrole nitrogens is 1. The molecule has 6 nitrogen and oxygen atoms in total. The summed E-state index contributed by atoms with van der Waals surface area (Å²) in [6.07, 6.45) is 1.68. The van der Waals surface area contributed by atoms with Crippen molar-refractivity contribution in [2.75, 3.05) is 25.0 Å². The molecule has 1 saturated heterocycles. The Kier molecular flexibility index (Phi) is 5.39. The number of rotatable bonds is 5. The molecular formula is C22H24N4O2. The molecule has 2 aromatic carbocycles. The van der Waals surface area contributed by atoms with Gasteiger partial charge in [0.25, 0.3) is 5.91 Å². The minimum Gasteiger partial charge on any atom is -0.351 e. The van der Waals surface area contributed by atoms with Gasteiger partial charge in [0.15, 0.2) is 0 Å². The number of benzene rings is 2. The molecule has 0 unspecified atom stereocenters. The summed E-state index contributed by atoms with van der Waals surface area (Å²) in [6.45, 7) is 1.96. The Balaban J connectivity index is 1.24. The Bertz CT molecular complexity index is 926. The lowest BCUT2D eigenvalue weighted by atomic mass is 10.0. The molecule has 1 aliphatic heterocycles. The molecule has 1 aromatic heterocycles. The summed E-state index contributed by atoms with van der Waals surface area (Å²) in [4.78, 5) is 30.0. The summed E-state index contributed by atoms with van der Waals surface area (Å²) in [5.41, 5.74) is 2.37. The number of hydrogen-bond donors (Lipinski definition) is 3. The predicted molar refractivity (Wildman–Crippen MR) is 110 cm³/mol. The average molecular weight is 376 g/mol. The van der Waals surface area contributed by atoms with Crippen molar-refractivity contribution in [3.63, 3.8) is 0 Å². The smallest absolute Gasteiger partial charge is 0.267 e. The van der Waals surface area contributed by atoms with Gasteiger partial charge >= 0.3 is 0 Å². The highest BCUT2D eigenvalue weighted by molar-refractivity contribution is 5.98. The van der Waals surface area contributed by atoms with Crippen LogP contribution in [-0.2, 0) is 4.79 Å². The highest BCUT2D eigenvalue weighted by atomic mass is 16.2. The number of aromatic amines is 1. The summed E-state index contributed by atoms with van der Waals surface area (Å²) in [5.74, 6) is -0.0803. The second-order valence-corrected chi connectivity index (χ2v) is 7.21. The molecule has 3 aromatic rings. The monoisotopic (exact) mass is 376 g/mol. The Hall–Kier alpha value is -3.12. The van der Waals surface area contributed by atoms with Crippen molar-refractivity contribution < 1.29 is 9.59 Å². The van der Waals surface area contributed by atoms with Gasteiger partial charge in [0, 0.05) is 35.7 Å². The Morgan fingerprint density at radius 3 is 2.46 bits per heavy atom. The zero-order valence-electron chi connectivity index (χ0n) is 15.7. The van der Waals surface area contributed by atoms with Gasteiger partial charge in [-0.25, -0.2) is 0 Å². The Labute approximate surface area is 163 Å². The van der Waals surface area contributed by atoms with E-state index in [2.05, 4.69) is 20.5 Å². The maximum Gasteiger partial charge on any atom is 0.267 e. The topological polar surface area (TPSA) is 77.2 Å². The summed E-state index contributed by atoms with van der Waals surface area (Å²) in [6, 6.07) is 19.4. The molecule has 0 radical (unpaired) electrons. The van der Waals surface area contributed by atoms with Crippen LogP contribution in [0.2, 0.25) is 0 Å². The minimum absolute atomic E-state index is 0.00763. The molecule has 4 rings (SSSR count). The van der Waals surface area contributed by atoms with Gasteiger partial charge in [-0.15, -0.1) is 0 Å². The molecule has 1 aliphatic rings. The number of nitrogens with zero attached hydrogens (tertiary/aromatic N) is 1. The number of carbonyl (C=O) groups is 2. The molecule has 6 heteroatoms. The fourth-order valence-electron chi connectivity index (χ4n) is 3.62. The quantitative estimate of drug-likeness (QED) is 0.641. The van der Waals surface area contributed by atoms with Crippen LogP contribution in [-0.4, -0.2) is 47.4 Å². The normalized spacial score (nSPS) is 15.4. The molecule has 0 bridgehead atoms. The van der Waals surface area contributed by atoms with Gasteiger partial charge in [-0.3, -0.25) is 14.5 Å². The van der Waals surface area contributed by atoms with Crippen LogP contribution in [0.25, 0.3) is 10.9 Å². The first kappa shape index (κ1) is 18.3. The summed E-state index contributed by atoms with van der Waals surface area (Å²) in [5, 5.41) is 7.06. The lowest BCUT2D eigenvalue weighted by molar-refractivity contribution is -0.117. The number of likely N-dealkylation sites (tertiary alicyclic amines) is 1. The van der Waals surface area contributed by atoms with Gasteiger partial charge < -0.3 is 15.6 Å². The number of para-hydroxylation sites is 2. The highest BCUT2D eigenvalue weighted by Crippen LogP contribution is 2.16. The molecule has 1 fully saturated rings. The predicted octanol–water partition coefficient (Wildman–Crippen LogP) is 3.00. The standard InChI is InChI=1S/C22H24N4O2/c27-21(23-17-7-2-1-3-8-17)15-26-12-10-18(11-13-26)24-22(28)20-14-16-6-4-5-9-19(16)25-20/h1-9,14,18,25H,10-13,15H2,(H,23,27)(H,24,28). The molecule has 144 valence electrons. The molecule has 0 aliphatic carbocycles. The van der Waals surface area contributed by atoms with Crippen LogP contribution in [0.3, 0.4) is 0 Å². The fourth-order valence-corrected chi connectivity index (χ4v) is 3.62. The van der Waals surface area contributed by atoms with E-state index in [0.29, 0.717) is 12.2 Å². The van der Waals surface area contributed by atoms with E-state index in [9.17, 15) is 9.59 Å². The van der Waals surface area contributed by atoms with Gasteiger partial charge in [0.1, 0.15) is 5.69 Å². The number of anilines is 1. The third-order valence-electron chi connectivity index (χ3n) is 5.12. The van der Waals surface area contributed by atoms with Crippen molar-refractivity contribution >= 4 is 28.4 Å². The SMILES string of the molecule is O=C(CN1CCC(NC(=O)c2cc3ccccc3[nH]2)CC1)Nc1ccccc1. The number of carbonyl (C=O) groups excluding carboxylic acids is 2. The van der Waals surface area contributed by atoms with E-state index in [1.54, 1.807) is 0 Å². The molecule has 2 amide bonds. The average Bonchev–Trinajstić information content (AvgIpc) is 3.15. The van der Waals surface area contributed by atoms with E-state index in [1.165, 1.54) is 0 Å². The van der Waals surface area contributed by atoms with E-state index >= 15 is 0 Å². The van der Waals surface area contributed by atoms with Gasteiger partial charge in [-0.05, 0) is 37.1 Å². The molecule has 2 heterocycles. The van der Waals surface area contributed by atoms with Gasteiger partial charge in [-0.2, -0.15) is 0 Å². The summed E-state index contributed by atoms with van der Waals surface area (Å²) in [7, 11) is 0. The largest absolute Gasteiger partial charge is 0.351 e. The van der Waals surface area contributed by atoms with Crippen molar-refractivity contribution in [3.05, 3.63) is 66.4 Å². The lowest BCUT2D eigenvalue weighted by Crippen LogP contribution is -2.46. The maximum absolute atomic E-state index is 12.5. The first-order valence-electron chi connectivity index (χ1n) is 9.63. The van der Waals surface area contributed by atoms with Gasteiger partial charge in [0.05, 0.1) is 6.54 Å². The molecule has 0 saturated carbocycles. The van der Waals surface area contributed by atoms with Crippen molar-refractivity contribution in [2.45, 2.75) is 18.9 Å². The van der Waals surface area contributed by atoms with E-state index in [-0.39, 0.29) is 17.9 Å². The second-order valence-electron chi connectivity index (χ2n) is 7.21. The number of amides is 2. The van der Waals surface area contributed by atoms with E-state index in [4.69, 9.17) is 0 Å². The van der Waals surface area contributed by atoms with Gasteiger partial charge in [-0.1, -0.05) is 36.4 Å². The number of nitrogens with one attached hydrogen (secondary N) is 3. The number of aromatic nitrogens is 1. The van der Waals surface area contributed by atoms with Crippen LogP contribution in [0, 0.1) is 0 Å².